The monoisotopic (exact) mass is 591 g/mol. The molecule has 0 spiro atoms. The van der Waals surface area contributed by atoms with Crippen molar-refractivity contribution in [3.05, 3.63) is 65.8 Å². The second-order valence-corrected chi connectivity index (χ2v) is 7.90. The molecule has 1 aromatic carbocycles. The van der Waals surface area contributed by atoms with Gasteiger partial charge < -0.3 is 20.5 Å². The molecule has 0 amide bonds. The third kappa shape index (κ3) is 7.02. The molecule has 0 radical (unpaired) electrons. The molecule has 5 rings (SSSR count). The van der Waals surface area contributed by atoms with Crippen LogP contribution in [0.5, 0.6) is 0 Å². The largest absolute Gasteiger partial charge is 0.490 e. The highest BCUT2D eigenvalue weighted by Gasteiger charge is 2.38. The second-order valence-electron chi connectivity index (χ2n) is 7.49. The zero-order valence-electron chi connectivity index (χ0n) is 19.3. The molecule has 0 saturated heterocycles. The summed E-state index contributed by atoms with van der Waals surface area (Å²) in [7, 11) is 0. The van der Waals surface area contributed by atoms with E-state index in [2.05, 4.69) is 20.3 Å². The molecule has 0 atom stereocenters. The van der Waals surface area contributed by atoms with Crippen LogP contribution in [0.4, 0.5) is 42.2 Å². The Morgan fingerprint density at radius 1 is 0.900 bits per heavy atom. The van der Waals surface area contributed by atoms with Gasteiger partial charge >= 0.3 is 24.3 Å². The van der Waals surface area contributed by atoms with Gasteiger partial charge in [0.25, 0.3) is 0 Å². The Kier molecular flexibility index (Phi) is 8.62. The number of hydrogen-bond acceptors (Lipinski definition) is 6. The fraction of sp³-hybridized carbons (Fsp3) is 0.0870. The van der Waals surface area contributed by atoms with Crippen molar-refractivity contribution in [3.63, 3.8) is 0 Å². The molecule has 1 aliphatic rings. The first-order chi connectivity index (χ1) is 18.6. The van der Waals surface area contributed by atoms with Crippen LogP contribution in [0, 0.1) is 5.82 Å². The van der Waals surface area contributed by atoms with Crippen molar-refractivity contribution in [2.24, 2.45) is 0 Å². The quantitative estimate of drug-likeness (QED) is 0.166. The first-order valence-electron chi connectivity index (χ1n) is 10.4. The van der Waals surface area contributed by atoms with Crippen LogP contribution in [0.1, 0.15) is 0 Å². The molecule has 40 heavy (non-hydrogen) atoms. The molecular weight excluding hydrogens is 579 g/mol. The summed E-state index contributed by atoms with van der Waals surface area (Å²) in [6.45, 7) is 0. The molecule has 0 fully saturated rings. The third-order valence-electron chi connectivity index (χ3n) is 4.79. The number of carboxylic acids is 2. The number of hydrogen-bond donors (Lipinski definition) is 4. The van der Waals surface area contributed by atoms with E-state index in [9.17, 15) is 30.7 Å². The lowest BCUT2D eigenvalue weighted by atomic mass is 10.1. The van der Waals surface area contributed by atoms with Crippen molar-refractivity contribution >= 4 is 35.0 Å². The van der Waals surface area contributed by atoms with Crippen molar-refractivity contribution in [3.8, 4) is 33.9 Å². The third-order valence-corrected chi connectivity index (χ3v) is 5.08. The van der Waals surface area contributed by atoms with Gasteiger partial charge in [-0.05, 0) is 36.4 Å². The molecule has 4 N–H and O–H groups in total. The highest BCUT2D eigenvalue weighted by molar-refractivity contribution is 6.31. The van der Waals surface area contributed by atoms with E-state index in [1.54, 1.807) is 30.7 Å². The van der Waals surface area contributed by atoms with Gasteiger partial charge in [-0.15, -0.1) is 0 Å². The van der Waals surface area contributed by atoms with Gasteiger partial charge in [0.15, 0.2) is 0 Å². The van der Waals surface area contributed by atoms with Crippen molar-refractivity contribution in [1.29, 1.82) is 0 Å². The molecule has 4 heterocycles. The first-order valence-corrected chi connectivity index (χ1v) is 10.8. The second kappa shape index (κ2) is 11.6. The molecule has 3 aromatic heterocycles. The zero-order valence-corrected chi connectivity index (χ0v) is 20.0. The topological polar surface area (TPSA) is 141 Å². The molecule has 0 unspecified atom stereocenters. The van der Waals surface area contributed by atoms with Crippen LogP contribution in [-0.2, 0) is 9.59 Å². The number of nitrogens with zero attached hydrogens (tertiary/aromatic N) is 3. The van der Waals surface area contributed by atoms with Gasteiger partial charge in [-0.3, -0.25) is 4.98 Å². The summed E-state index contributed by atoms with van der Waals surface area (Å²) in [5.41, 5.74) is 4.95. The summed E-state index contributed by atoms with van der Waals surface area (Å²) < 4.78 is 77.0. The molecule has 0 bridgehead atoms. The molecule has 0 aliphatic carbocycles. The summed E-state index contributed by atoms with van der Waals surface area (Å²) >= 11 is 5.93. The Balaban J connectivity index is 0.000000263. The van der Waals surface area contributed by atoms with Crippen molar-refractivity contribution in [2.45, 2.75) is 12.4 Å². The van der Waals surface area contributed by atoms with E-state index in [-0.39, 0.29) is 5.02 Å². The van der Waals surface area contributed by atoms with Gasteiger partial charge in [0.05, 0.1) is 22.6 Å². The van der Waals surface area contributed by atoms with E-state index in [0.29, 0.717) is 17.2 Å². The Morgan fingerprint density at radius 2 is 1.52 bits per heavy atom. The number of H-pyrrole nitrogens is 1. The smallest absolute Gasteiger partial charge is 0.475 e. The van der Waals surface area contributed by atoms with E-state index in [1.165, 1.54) is 6.07 Å². The van der Waals surface area contributed by atoms with Crippen LogP contribution in [0.15, 0.2) is 55.0 Å². The van der Waals surface area contributed by atoms with Crippen molar-refractivity contribution in [2.75, 3.05) is 5.32 Å². The Hall–Kier alpha value is -4.73. The van der Waals surface area contributed by atoms with Crippen LogP contribution < -0.4 is 5.32 Å². The first kappa shape index (κ1) is 29.8. The summed E-state index contributed by atoms with van der Waals surface area (Å²) in [5.74, 6) is -4.66. The number of aromatic amines is 1. The molecule has 0 saturated carbocycles. The summed E-state index contributed by atoms with van der Waals surface area (Å²) in [6, 6.07) is 10.3. The summed E-state index contributed by atoms with van der Waals surface area (Å²) in [4.78, 5) is 34.5. The summed E-state index contributed by atoms with van der Waals surface area (Å²) in [5, 5.41) is 17.6. The predicted molar refractivity (Wildman–Crippen MR) is 126 cm³/mol. The lowest BCUT2D eigenvalue weighted by Crippen LogP contribution is -2.21. The minimum atomic E-state index is -5.08. The minimum Gasteiger partial charge on any atom is -0.475 e. The number of pyridine rings is 2. The van der Waals surface area contributed by atoms with Crippen LogP contribution in [0.25, 0.3) is 33.9 Å². The fourth-order valence-electron chi connectivity index (χ4n) is 3.08. The van der Waals surface area contributed by atoms with Gasteiger partial charge in [-0.2, -0.15) is 26.3 Å². The summed E-state index contributed by atoms with van der Waals surface area (Å²) in [6.07, 6.45) is -4.97. The van der Waals surface area contributed by atoms with E-state index in [4.69, 9.17) is 36.4 Å². The Morgan fingerprint density at radius 3 is 2.10 bits per heavy atom. The average molecular weight is 592 g/mol. The molecule has 1 aliphatic heterocycles. The fourth-order valence-corrected chi connectivity index (χ4v) is 3.26. The Bertz CT molecular complexity index is 1470. The number of fused-ring (bicyclic) bond motifs is 5. The number of carbonyl (C=O) groups is 2. The maximum Gasteiger partial charge on any atom is 0.490 e. The predicted octanol–water partition coefficient (Wildman–Crippen LogP) is 6.32. The number of benzene rings is 1. The number of aliphatic carboxylic acids is 2. The van der Waals surface area contributed by atoms with Crippen LogP contribution >= 0.6 is 11.6 Å². The maximum atomic E-state index is 13.5. The number of rotatable bonds is 1. The molecular formula is C23H13ClF7N5O4. The van der Waals surface area contributed by atoms with Crippen LogP contribution in [0.3, 0.4) is 0 Å². The lowest BCUT2D eigenvalue weighted by molar-refractivity contribution is -0.193. The van der Waals surface area contributed by atoms with Gasteiger partial charge in [-0.1, -0.05) is 11.6 Å². The molecule has 17 heteroatoms. The van der Waals surface area contributed by atoms with Crippen molar-refractivity contribution in [1.82, 2.24) is 19.9 Å². The standard InChI is InChI=1S/C19H11ClFN5.2C2HF3O2/c20-13-8-10(3-4-14(13)21)18-25-16-11-5-7-22-9-15(11)24-19-12(17(16)26-18)2-1-6-23-19;2*3-2(4,5)1(6)7/h1-9H,(H,23,24)(H,25,26);2*(H,6,7). The lowest BCUT2D eigenvalue weighted by Gasteiger charge is -2.07. The number of alkyl halides is 6. The minimum absolute atomic E-state index is 0.0578. The molecule has 210 valence electrons. The van der Waals surface area contributed by atoms with E-state index in [1.807, 2.05) is 18.2 Å². The van der Waals surface area contributed by atoms with Crippen LogP contribution in [-0.4, -0.2) is 54.4 Å². The van der Waals surface area contributed by atoms with Gasteiger partial charge in [0.1, 0.15) is 23.2 Å². The zero-order chi connectivity index (χ0) is 29.8. The highest BCUT2D eigenvalue weighted by Crippen LogP contribution is 2.42. The number of imidazole rings is 1. The van der Waals surface area contributed by atoms with E-state index in [0.717, 1.165) is 28.2 Å². The van der Waals surface area contributed by atoms with Gasteiger partial charge in [0.2, 0.25) is 0 Å². The van der Waals surface area contributed by atoms with E-state index >= 15 is 0 Å². The van der Waals surface area contributed by atoms with Gasteiger partial charge in [-0.25, -0.2) is 23.9 Å². The molecule has 9 nitrogen and oxygen atoms in total. The van der Waals surface area contributed by atoms with Crippen molar-refractivity contribution < 1.29 is 50.5 Å². The maximum absolute atomic E-state index is 13.5. The van der Waals surface area contributed by atoms with E-state index < -0.39 is 30.1 Å². The SMILES string of the molecule is Fc1ccc(-c2nc3c([nH]2)-c2ccncc2Nc2ncccc2-3)cc1Cl.O=C(O)C(F)(F)F.O=C(O)C(F)(F)F. The van der Waals surface area contributed by atoms with Crippen LogP contribution in [0.2, 0.25) is 5.02 Å². The number of anilines is 2. The normalized spacial score (nSPS) is 11.6. The number of nitrogens with one attached hydrogen (secondary N) is 2. The van der Waals surface area contributed by atoms with Gasteiger partial charge in [0, 0.05) is 29.1 Å². The number of halogens is 8. The average Bonchev–Trinajstić information content (AvgIpc) is 3.26. The number of aromatic nitrogens is 4. The Labute approximate surface area is 223 Å². The molecule has 4 aromatic rings. The highest BCUT2D eigenvalue weighted by atomic mass is 35.5. The number of carboxylic acid groups (broad SMARTS) is 2.